The molecule has 2 aliphatic rings. The molecule has 0 spiro atoms. The fourth-order valence-electron chi connectivity index (χ4n) is 3.62. The summed E-state index contributed by atoms with van der Waals surface area (Å²) in [4.78, 5) is 18.7. The first kappa shape index (κ1) is 17.5. The van der Waals surface area contributed by atoms with E-state index in [1.807, 2.05) is 41.3 Å². The minimum Gasteiger partial charge on any atom is -0.339 e. The van der Waals surface area contributed by atoms with Gasteiger partial charge in [0.05, 0.1) is 5.70 Å². The van der Waals surface area contributed by atoms with Gasteiger partial charge in [-0.3, -0.25) is 14.6 Å². The van der Waals surface area contributed by atoms with Gasteiger partial charge >= 0.3 is 0 Å². The van der Waals surface area contributed by atoms with Crippen LogP contribution in [-0.2, 0) is 4.79 Å². The molecular weight excluding hydrogens is 354 g/mol. The van der Waals surface area contributed by atoms with Gasteiger partial charge in [0.1, 0.15) is 5.70 Å². The van der Waals surface area contributed by atoms with Crippen LogP contribution in [0.5, 0.6) is 0 Å². The van der Waals surface area contributed by atoms with Crippen LogP contribution in [0.3, 0.4) is 0 Å². The molecule has 2 aromatic carbocycles. The van der Waals surface area contributed by atoms with Crippen LogP contribution in [0.2, 0.25) is 0 Å². The molecule has 27 heavy (non-hydrogen) atoms. The van der Waals surface area contributed by atoms with E-state index in [9.17, 15) is 4.79 Å². The lowest BCUT2D eigenvalue weighted by Crippen LogP contribution is -2.31. The maximum atomic E-state index is 13.1. The molecule has 0 N–H and O–H groups in total. The predicted molar refractivity (Wildman–Crippen MR) is 115 cm³/mol. The van der Waals surface area contributed by atoms with E-state index in [0.717, 1.165) is 29.2 Å². The predicted octanol–water partition coefficient (Wildman–Crippen LogP) is 4.32. The summed E-state index contributed by atoms with van der Waals surface area (Å²) in [5, 5.41) is 0.493. The number of nitrogens with zero attached hydrogens (tertiary/aromatic N) is 3. The Kier molecular flexibility index (Phi) is 4.32. The Morgan fingerprint density at radius 1 is 1.04 bits per heavy atom. The van der Waals surface area contributed by atoms with Crippen LogP contribution >= 0.6 is 12.2 Å². The van der Waals surface area contributed by atoms with Crippen molar-refractivity contribution in [3.63, 3.8) is 0 Å². The molecule has 2 aliphatic heterocycles. The number of allylic oxidation sites excluding steroid dienone is 1. The normalized spacial score (nSPS) is 19.1. The van der Waals surface area contributed by atoms with Crippen molar-refractivity contribution in [3.05, 3.63) is 77.1 Å². The molecule has 5 heteroatoms. The quantitative estimate of drug-likeness (QED) is 0.577. The van der Waals surface area contributed by atoms with Gasteiger partial charge in [0.25, 0.3) is 5.91 Å². The second-order valence-corrected chi connectivity index (χ2v) is 7.06. The Hall–Kier alpha value is -2.92. The van der Waals surface area contributed by atoms with Crippen LogP contribution in [0.4, 0.5) is 11.4 Å². The van der Waals surface area contributed by atoms with Crippen LogP contribution in [0.1, 0.15) is 18.1 Å². The first-order chi connectivity index (χ1) is 13.0. The lowest BCUT2D eigenvalue weighted by atomic mass is 10.0. The minimum atomic E-state index is -0.0856. The first-order valence-electron chi connectivity index (χ1n) is 9.00. The smallest absolute Gasteiger partial charge is 0.279 e. The number of carbonyl (C=O) groups is 1. The van der Waals surface area contributed by atoms with Gasteiger partial charge < -0.3 is 4.90 Å². The molecule has 0 aromatic heterocycles. The van der Waals surface area contributed by atoms with E-state index < -0.39 is 0 Å². The van der Waals surface area contributed by atoms with Gasteiger partial charge in [-0.1, -0.05) is 35.9 Å². The number of anilines is 2. The molecule has 0 atom stereocenters. The Morgan fingerprint density at radius 2 is 1.78 bits per heavy atom. The highest BCUT2D eigenvalue weighted by Crippen LogP contribution is 2.37. The Morgan fingerprint density at radius 3 is 2.48 bits per heavy atom. The second kappa shape index (κ2) is 6.67. The zero-order chi connectivity index (χ0) is 19.1. The van der Waals surface area contributed by atoms with Crippen molar-refractivity contribution in [2.45, 2.75) is 13.8 Å². The van der Waals surface area contributed by atoms with Gasteiger partial charge in [0.2, 0.25) is 0 Å². The molecule has 0 aliphatic carbocycles. The number of aryl methyl sites for hydroxylation is 1. The third kappa shape index (κ3) is 2.75. The molecule has 0 unspecified atom stereocenters. The number of amides is 1. The van der Waals surface area contributed by atoms with Crippen LogP contribution in [0.15, 0.2) is 66.0 Å². The summed E-state index contributed by atoms with van der Waals surface area (Å²) >= 11 is 5.59. The Bertz CT molecular complexity index is 994. The van der Waals surface area contributed by atoms with E-state index in [4.69, 9.17) is 12.2 Å². The monoisotopic (exact) mass is 375 g/mol. The molecule has 0 bridgehead atoms. The van der Waals surface area contributed by atoms with E-state index in [1.165, 1.54) is 10.5 Å². The van der Waals surface area contributed by atoms with Crippen LogP contribution in [0, 0.1) is 6.92 Å². The van der Waals surface area contributed by atoms with Crippen molar-refractivity contribution in [1.29, 1.82) is 0 Å². The summed E-state index contributed by atoms with van der Waals surface area (Å²) in [6.45, 7) is 4.94. The molecular formula is C22H21N3OS. The molecule has 4 nitrogen and oxygen atoms in total. The van der Waals surface area contributed by atoms with Crippen LogP contribution in [0.25, 0.3) is 6.08 Å². The van der Waals surface area contributed by atoms with E-state index in [2.05, 4.69) is 43.0 Å². The average Bonchev–Trinajstić information content (AvgIpc) is 2.91. The molecule has 136 valence electrons. The number of thiocarbonyl (C=S) groups is 1. The number of hydrogen-bond acceptors (Lipinski definition) is 3. The minimum absolute atomic E-state index is 0.0856. The highest BCUT2D eigenvalue weighted by atomic mass is 32.1. The molecule has 1 fully saturated rings. The van der Waals surface area contributed by atoms with Gasteiger partial charge in [0, 0.05) is 25.0 Å². The van der Waals surface area contributed by atoms with Crippen molar-refractivity contribution in [3.8, 4) is 0 Å². The highest BCUT2D eigenvalue weighted by molar-refractivity contribution is 7.80. The maximum Gasteiger partial charge on any atom is 0.279 e. The molecule has 1 amide bonds. The van der Waals surface area contributed by atoms with Crippen LogP contribution < -0.4 is 9.80 Å². The van der Waals surface area contributed by atoms with Gasteiger partial charge in [-0.25, -0.2) is 0 Å². The molecule has 2 heterocycles. The zero-order valence-corrected chi connectivity index (χ0v) is 16.5. The summed E-state index contributed by atoms with van der Waals surface area (Å²) in [7, 11) is 1.73. The van der Waals surface area contributed by atoms with Gasteiger partial charge in [-0.15, -0.1) is 0 Å². The number of hydrogen-bond donors (Lipinski definition) is 0. The molecule has 0 saturated carbocycles. The van der Waals surface area contributed by atoms with Crippen LogP contribution in [-0.4, -0.2) is 29.5 Å². The van der Waals surface area contributed by atoms with E-state index in [1.54, 1.807) is 7.05 Å². The fraction of sp³-hybridized carbons (Fsp3) is 0.182. The second-order valence-electron chi connectivity index (χ2n) is 6.69. The number of likely N-dealkylation sites (N-methyl/N-ethyl adjacent to an activating group) is 2. The third-order valence-electron chi connectivity index (χ3n) is 4.97. The number of para-hydroxylation sites is 1. The summed E-state index contributed by atoms with van der Waals surface area (Å²) in [5.41, 5.74) is 5.84. The topological polar surface area (TPSA) is 26.8 Å². The largest absolute Gasteiger partial charge is 0.339 e. The third-order valence-corrected chi connectivity index (χ3v) is 5.42. The number of rotatable bonds is 2. The standard InChI is InChI=1S/C22H21N3OS/c1-4-24-18-12-10-15(2)14-16(18)11-13-19(24)20-21(26)23(3)22(27)25(20)17-8-6-5-7-9-17/h5-14H,4H2,1-3H3. The fourth-order valence-corrected chi connectivity index (χ4v) is 3.90. The summed E-state index contributed by atoms with van der Waals surface area (Å²) < 4.78 is 0. The van der Waals surface area contributed by atoms with Crippen molar-refractivity contribution in [2.75, 3.05) is 23.4 Å². The SMILES string of the molecule is CCN1C(=C2C(=O)N(C)C(=S)N2c2ccccc2)C=Cc2cc(C)ccc21. The van der Waals surface area contributed by atoms with Crippen molar-refractivity contribution in [2.24, 2.45) is 0 Å². The molecule has 2 aromatic rings. The molecule has 4 rings (SSSR count). The van der Waals surface area contributed by atoms with Gasteiger partial charge in [-0.05, 0) is 62.0 Å². The number of carbonyl (C=O) groups excluding carboxylic acids is 1. The lowest BCUT2D eigenvalue weighted by molar-refractivity contribution is -0.121. The Labute approximate surface area is 165 Å². The van der Waals surface area contributed by atoms with E-state index >= 15 is 0 Å². The van der Waals surface area contributed by atoms with E-state index in [0.29, 0.717) is 10.8 Å². The average molecular weight is 375 g/mol. The zero-order valence-electron chi connectivity index (χ0n) is 15.6. The van der Waals surface area contributed by atoms with E-state index in [-0.39, 0.29) is 5.91 Å². The number of benzene rings is 2. The van der Waals surface area contributed by atoms with Gasteiger partial charge in [-0.2, -0.15) is 0 Å². The lowest BCUT2D eigenvalue weighted by Gasteiger charge is -2.32. The summed E-state index contributed by atoms with van der Waals surface area (Å²) in [5.74, 6) is -0.0856. The Balaban J connectivity index is 1.93. The molecule has 1 saturated heterocycles. The first-order valence-corrected chi connectivity index (χ1v) is 9.41. The number of fused-ring (bicyclic) bond motifs is 1. The summed E-state index contributed by atoms with van der Waals surface area (Å²) in [6.07, 6.45) is 4.10. The van der Waals surface area contributed by atoms with Crippen molar-refractivity contribution in [1.82, 2.24) is 4.90 Å². The van der Waals surface area contributed by atoms with Crippen molar-refractivity contribution < 1.29 is 4.79 Å². The highest BCUT2D eigenvalue weighted by Gasteiger charge is 2.40. The summed E-state index contributed by atoms with van der Waals surface area (Å²) in [6, 6.07) is 16.2. The maximum absolute atomic E-state index is 13.1. The van der Waals surface area contributed by atoms with Gasteiger partial charge in [0.15, 0.2) is 5.11 Å². The van der Waals surface area contributed by atoms with Crippen molar-refractivity contribution >= 4 is 40.7 Å². The molecule has 0 radical (unpaired) electrons.